The van der Waals surface area contributed by atoms with E-state index in [1.165, 1.54) is 0 Å². The number of hydrogen-bond donors (Lipinski definition) is 2. The number of anilines is 1. The average Bonchev–Trinajstić information content (AvgIpc) is 2.99. The van der Waals surface area contributed by atoms with Crippen molar-refractivity contribution in [3.63, 3.8) is 0 Å². The fourth-order valence-electron chi connectivity index (χ4n) is 1.78. The first kappa shape index (κ1) is 14.8. The molecule has 1 aromatic carbocycles. The molecule has 21 heavy (non-hydrogen) atoms. The van der Waals surface area contributed by atoms with E-state index in [1.54, 1.807) is 12.7 Å². The molecule has 2 rings (SSSR count). The van der Waals surface area contributed by atoms with Gasteiger partial charge >= 0.3 is 6.03 Å². The lowest BCUT2D eigenvalue weighted by Gasteiger charge is -2.08. The van der Waals surface area contributed by atoms with Gasteiger partial charge in [-0.25, -0.2) is 4.79 Å². The Morgan fingerprint density at radius 1 is 1.24 bits per heavy atom. The summed E-state index contributed by atoms with van der Waals surface area (Å²) < 4.78 is 7.21. The van der Waals surface area contributed by atoms with Crippen LogP contribution in [-0.4, -0.2) is 33.9 Å². The van der Waals surface area contributed by atoms with E-state index < -0.39 is 0 Å². The number of nitrogens with zero attached hydrogens (tertiary/aromatic N) is 3. The molecule has 2 amide bonds. The van der Waals surface area contributed by atoms with Crippen molar-refractivity contribution in [2.45, 2.75) is 19.9 Å². The number of aryl methyl sites for hydroxylation is 1. The summed E-state index contributed by atoms with van der Waals surface area (Å²) in [4.78, 5) is 11.7. The van der Waals surface area contributed by atoms with E-state index >= 15 is 0 Å². The van der Waals surface area contributed by atoms with E-state index in [1.807, 2.05) is 35.8 Å². The van der Waals surface area contributed by atoms with E-state index in [0.717, 1.165) is 24.4 Å². The number of urea groups is 1. The van der Waals surface area contributed by atoms with Gasteiger partial charge in [-0.1, -0.05) is 0 Å². The molecule has 0 atom stereocenters. The quantitative estimate of drug-likeness (QED) is 0.763. The third kappa shape index (κ3) is 5.13. The van der Waals surface area contributed by atoms with Crippen molar-refractivity contribution in [1.29, 1.82) is 0 Å². The van der Waals surface area contributed by atoms with Crippen LogP contribution in [-0.2, 0) is 6.54 Å². The van der Waals surface area contributed by atoms with Gasteiger partial charge in [0, 0.05) is 18.8 Å². The lowest BCUT2D eigenvalue weighted by molar-refractivity contribution is 0.252. The SMILES string of the molecule is CCOc1ccc(NC(=O)NCCCn2cnnc2)cc1. The van der Waals surface area contributed by atoms with Gasteiger partial charge in [-0.2, -0.15) is 0 Å². The van der Waals surface area contributed by atoms with Gasteiger partial charge in [0.25, 0.3) is 0 Å². The third-order valence-electron chi connectivity index (χ3n) is 2.77. The molecule has 0 aliphatic heterocycles. The number of ether oxygens (including phenoxy) is 1. The molecule has 2 aromatic rings. The van der Waals surface area contributed by atoms with Crippen molar-refractivity contribution >= 4 is 11.7 Å². The van der Waals surface area contributed by atoms with Crippen molar-refractivity contribution in [3.05, 3.63) is 36.9 Å². The molecule has 0 saturated heterocycles. The summed E-state index contributed by atoms with van der Waals surface area (Å²) >= 11 is 0. The number of amides is 2. The van der Waals surface area contributed by atoms with Crippen LogP contribution in [0.4, 0.5) is 10.5 Å². The normalized spacial score (nSPS) is 10.1. The Morgan fingerprint density at radius 2 is 1.95 bits per heavy atom. The molecule has 7 heteroatoms. The maximum absolute atomic E-state index is 11.7. The molecule has 2 N–H and O–H groups in total. The molecular formula is C14H19N5O2. The Labute approximate surface area is 123 Å². The molecule has 0 spiro atoms. The van der Waals surface area contributed by atoms with Crippen molar-refractivity contribution in [2.24, 2.45) is 0 Å². The number of nitrogens with one attached hydrogen (secondary N) is 2. The Bertz CT molecular complexity index is 539. The number of benzene rings is 1. The van der Waals surface area contributed by atoms with Gasteiger partial charge in [0.15, 0.2) is 0 Å². The Balaban J connectivity index is 1.66. The zero-order chi connectivity index (χ0) is 14.9. The number of carbonyl (C=O) groups excluding carboxylic acids is 1. The predicted molar refractivity (Wildman–Crippen MR) is 79.3 cm³/mol. The maximum Gasteiger partial charge on any atom is 0.319 e. The second-order valence-electron chi connectivity index (χ2n) is 4.39. The van der Waals surface area contributed by atoms with Gasteiger partial charge in [-0.3, -0.25) is 0 Å². The summed E-state index contributed by atoms with van der Waals surface area (Å²) in [6, 6.07) is 7.04. The number of rotatable bonds is 7. The third-order valence-corrected chi connectivity index (χ3v) is 2.77. The van der Waals surface area contributed by atoms with Crippen LogP contribution in [0.3, 0.4) is 0 Å². The zero-order valence-corrected chi connectivity index (χ0v) is 12.0. The van der Waals surface area contributed by atoms with Crippen LogP contribution in [0.25, 0.3) is 0 Å². The van der Waals surface area contributed by atoms with E-state index in [0.29, 0.717) is 13.2 Å². The highest BCUT2D eigenvalue weighted by atomic mass is 16.5. The molecular weight excluding hydrogens is 270 g/mol. The van der Waals surface area contributed by atoms with Gasteiger partial charge in [0.1, 0.15) is 18.4 Å². The molecule has 1 aromatic heterocycles. The maximum atomic E-state index is 11.7. The summed E-state index contributed by atoms with van der Waals surface area (Å²) in [5, 5.41) is 13.0. The average molecular weight is 289 g/mol. The first-order chi connectivity index (χ1) is 10.3. The molecule has 0 aliphatic carbocycles. The van der Waals surface area contributed by atoms with E-state index in [2.05, 4.69) is 20.8 Å². The summed E-state index contributed by atoms with van der Waals surface area (Å²) in [5.74, 6) is 0.789. The van der Waals surface area contributed by atoms with E-state index in [4.69, 9.17) is 4.74 Å². The molecule has 0 fully saturated rings. The summed E-state index contributed by atoms with van der Waals surface area (Å²) in [7, 11) is 0. The van der Waals surface area contributed by atoms with Crippen molar-refractivity contribution < 1.29 is 9.53 Å². The standard InChI is InChI=1S/C14H19N5O2/c1-2-21-13-6-4-12(5-7-13)18-14(20)15-8-3-9-19-10-16-17-11-19/h4-7,10-11H,2-3,8-9H2,1H3,(H2,15,18,20). The largest absolute Gasteiger partial charge is 0.494 e. The second kappa shape index (κ2) is 7.88. The Kier molecular flexibility index (Phi) is 5.57. The van der Waals surface area contributed by atoms with Crippen molar-refractivity contribution in [1.82, 2.24) is 20.1 Å². The molecule has 112 valence electrons. The molecule has 0 radical (unpaired) electrons. The minimum atomic E-state index is -0.220. The van der Waals surface area contributed by atoms with Gasteiger partial charge < -0.3 is 19.9 Å². The van der Waals surface area contributed by atoms with Gasteiger partial charge in [0.05, 0.1) is 6.61 Å². The van der Waals surface area contributed by atoms with Crippen molar-refractivity contribution in [3.8, 4) is 5.75 Å². The molecule has 7 nitrogen and oxygen atoms in total. The van der Waals surface area contributed by atoms with Crippen LogP contribution in [0.15, 0.2) is 36.9 Å². The van der Waals surface area contributed by atoms with Gasteiger partial charge in [0.2, 0.25) is 0 Å². The molecule has 0 bridgehead atoms. The van der Waals surface area contributed by atoms with Crippen LogP contribution < -0.4 is 15.4 Å². The van der Waals surface area contributed by atoms with Gasteiger partial charge in [-0.05, 0) is 37.6 Å². The van der Waals surface area contributed by atoms with Crippen LogP contribution in [0.5, 0.6) is 5.75 Å². The number of aromatic nitrogens is 3. The zero-order valence-electron chi connectivity index (χ0n) is 12.0. The highest BCUT2D eigenvalue weighted by molar-refractivity contribution is 5.89. The minimum Gasteiger partial charge on any atom is -0.494 e. The molecule has 0 saturated carbocycles. The predicted octanol–water partition coefficient (Wildman–Crippen LogP) is 1.89. The highest BCUT2D eigenvalue weighted by Gasteiger charge is 2.01. The monoisotopic (exact) mass is 289 g/mol. The summed E-state index contributed by atoms with van der Waals surface area (Å²) in [6.07, 6.45) is 4.12. The minimum absolute atomic E-state index is 0.220. The number of hydrogen-bond acceptors (Lipinski definition) is 4. The second-order valence-corrected chi connectivity index (χ2v) is 4.39. The summed E-state index contributed by atoms with van der Waals surface area (Å²) in [5.41, 5.74) is 0.731. The van der Waals surface area contributed by atoms with Crippen LogP contribution in [0.2, 0.25) is 0 Å². The van der Waals surface area contributed by atoms with Gasteiger partial charge in [-0.15, -0.1) is 10.2 Å². The Morgan fingerprint density at radius 3 is 2.62 bits per heavy atom. The fraction of sp³-hybridized carbons (Fsp3) is 0.357. The first-order valence-electron chi connectivity index (χ1n) is 6.88. The van der Waals surface area contributed by atoms with Crippen LogP contribution >= 0.6 is 0 Å². The number of carbonyl (C=O) groups is 1. The van der Waals surface area contributed by atoms with E-state index in [-0.39, 0.29) is 6.03 Å². The highest BCUT2D eigenvalue weighted by Crippen LogP contribution is 2.15. The molecule has 0 aliphatic rings. The van der Waals surface area contributed by atoms with Crippen LogP contribution in [0.1, 0.15) is 13.3 Å². The van der Waals surface area contributed by atoms with Crippen molar-refractivity contribution in [2.75, 3.05) is 18.5 Å². The topological polar surface area (TPSA) is 81.1 Å². The lowest BCUT2D eigenvalue weighted by Crippen LogP contribution is -2.29. The summed E-state index contributed by atoms with van der Waals surface area (Å²) in [6.45, 7) is 3.91. The molecule has 0 unspecified atom stereocenters. The first-order valence-corrected chi connectivity index (χ1v) is 6.88. The Hall–Kier alpha value is -2.57. The lowest BCUT2D eigenvalue weighted by atomic mass is 10.3. The fourth-order valence-corrected chi connectivity index (χ4v) is 1.78. The smallest absolute Gasteiger partial charge is 0.319 e. The van der Waals surface area contributed by atoms with E-state index in [9.17, 15) is 4.79 Å². The van der Waals surface area contributed by atoms with Crippen LogP contribution in [0, 0.1) is 0 Å². The molecule has 1 heterocycles.